The summed E-state index contributed by atoms with van der Waals surface area (Å²) in [5.41, 5.74) is 4.86. The van der Waals surface area contributed by atoms with Crippen LogP contribution in [0, 0.1) is 0 Å². The topological polar surface area (TPSA) is 38.0 Å². The zero-order valence-corrected chi connectivity index (χ0v) is 13.6. The number of nitrogens with one attached hydrogen (secondary N) is 1. The van der Waals surface area contributed by atoms with Crippen molar-refractivity contribution in [2.75, 3.05) is 16.9 Å². The summed E-state index contributed by atoms with van der Waals surface area (Å²) in [6.45, 7) is 2.25. The van der Waals surface area contributed by atoms with Crippen LogP contribution in [-0.4, -0.2) is 11.5 Å². The summed E-state index contributed by atoms with van der Waals surface area (Å²) < 4.78 is 0.185. The van der Waals surface area contributed by atoms with Crippen molar-refractivity contribution >= 4 is 40.8 Å². The molecule has 3 N–H and O–H groups in total. The van der Waals surface area contributed by atoms with Gasteiger partial charge in [0, 0.05) is 0 Å². The molecule has 1 aromatic rings. The summed E-state index contributed by atoms with van der Waals surface area (Å²) in [7, 11) is 0. The fourth-order valence-corrected chi connectivity index (χ4v) is 5.90. The molecule has 2 rings (SSSR count). The predicted octanol–water partition coefficient (Wildman–Crippen LogP) is 4.84. The van der Waals surface area contributed by atoms with Crippen molar-refractivity contribution in [3.63, 3.8) is 0 Å². The Morgan fingerprint density at radius 2 is 2.11 bits per heavy atom. The van der Waals surface area contributed by atoms with Gasteiger partial charge < -0.3 is 5.43 Å². The molecule has 0 saturated carbocycles. The predicted molar refractivity (Wildman–Crippen MR) is 90.0 cm³/mol. The highest BCUT2D eigenvalue weighted by atomic mass is 35.5. The van der Waals surface area contributed by atoms with Crippen LogP contribution in [-0.2, 0) is 4.08 Å². The normalized spacial score (nSPS) is 18.3. The van der Waals surface area contributed by atoms with Gasteiger partial charge in [-0.15, -0.1) is 23.5 Å². The zero-order chi connectivity index (χ0) is 13.7. The Hall–Kier alpha value is -0.0300. The smallest absolute Gasteiger partial charge is 0.0860 e. The van der Waals surface area contributed by atoms with Crippen LogP contribution in [0.15, 0.2) is 18.2 Å². The van der Waals surface area contributed by atoms with Crippen molar-refractivity contribution in [1.29, 1.82) is 0 Å². The summed E-state index contributed by atoms with van der Waals surface area (Å²) in [5, 5.41) is 0.683. The van der Waals surface area contributed by atoms with Crippen molar-refractivity contribution in [3.05, 3.63) is 28.8 Å². The van der Waals surface area contributed by atoms with Crippen molar-refractivity contribution in [1.82, 2.24) is 0 Å². The molecule has 0 bridgehead atoms. The Morgan fingerprint density at radius 3 is 2.74 bits per heavy atom. The summed E-state index contributed by atoms with van der Waals surface area (Å²) in [6, 6.07) is 6.23. The fourth-order valence-electron chi connectivity index (χ4n) is 2.31. The number of benzene rings is 1. The molecule has 1 heterocycles. The van der Waals surface area contributed by atoms with Gasteiger partial charge in [-0.25, -0.2) is 0 Å². The summed E-state index contributed by atoms with van der Waals surface area (Å²) in [4.78, 5) is 0. The zero-order valence-electron chi connectivity index (χ0n) is 11.2. The van der Waals surface area contributed by atoms with Gasteiger partial charge in [-0.3, -0.25) is 5.84 Å². The monoisotopic (exact) mass is 316 g/mol. The maximum absolute atomic E-state index is 6.13. The van der Waals surface area contributed by atoms with Crippen LogP contribution in [0.5, 0.6) is 0 Å². The maximum Gasteiger partial charge on any atom is 0.0860 e. The standard InChI is InChI=1S/C14H21ClN2S2/c1-2-3-7-14(18-8-4-9-19-14)11-5-6-12(15)13(10-11)17-16/h5-6,10,17H,2-4,7-9,16H2,1H3. The second-order valence-corrected chi connectivity index (χ2v) is 8.20. The average molecular weight is 317 g/mol. The van der Waals surface area contributed by atoms with E-state index in [9.17, 15) is 0 Å². The molecule has 106 valence electrons. The van der Waals surface area contributed by atoms with Gasteiger partial charge in [-0.2, -0.15) is 0 Å². The average Bonchev–Trinajstić information content (AvgIpc) is 2.46. The summed E-state index contributed by atoms with van der Waals surface area (Å²) in [5.74, 6) is 8.03. The minimum atomic E-state index is 0.185. The Labute approximate surface area is 129 Å². The molecular weight excluding hydrogens is 296 g/mol. The fraction of sp³-hybridized carbons (Fsp3) is 0.571. The van der Waals surface area contributed by atoms with E-state index in [0.29, 0.717) is 5.02 Å². The molecule has 1 aliphatic heterocycles. The second kappa shape index (κ2) is 7.11. The Morgan fingerprint density at radius 1 is 1.37 bits per heavy atom. The lowest BCUT2D eigenvalue weighted by molar-refractivity contribution is 0.671. The minimum Gasteiger partial charge on any atom is -0.323 e. The highest BCUT2D eigenvalue weighted by Gasteiger charge is 2.35. The number of hydrogen-bond acceptors (Lipinski definition) is 4. The third-order valence-corrected chi connectivity index (χ3v) is 7.21. The molecule has 1 saturated heterocycles. The molecule has 1 fully saturated rings. The number of unbranched alkanes of at least 4 members (excludes halogenated alkanes) is 1. The van der Waals surface area contributed by atoms with Crippen molar-refractivity contribution in [2.24, 2.45) is 5.84 Å². The number of thioether (sulfide) groups is 2. The van der Waals surface area contributed by atoms with Gasteiger partial charge in [0.15, 0.2) is 0 Å². The molecule has 0 aromatic heterocycles. The van der Waals surface area contributed by atoms with E-state index >= 15 is 0 Å². The first-order chi connectivity index (χ1) is 9.22. The van der Waals surface area contributed by atoms with Gasteiger partial charge in [0.05, 0.1) is 14.8 Å². The Kier molecular flexibility index (Phi) is 5.75. The molecule has 2 nitrogen and oxygen atoms in total. The lowest BCUT2D eigenvalue weighted by Crippen LogP contribution is -2.23. The van der Waals surface area contributed by atoms with Gasteiger partial charge in [0.2, 0.25) is 0 Å². The van der Waals surface area contributed by atoms with Crippen molar-refractivity contribution in [2.45, 2.75) is 36.7 Å². The molecular formula is C14H21ClN2S2. The van der Waals surface area contributed by atoms with Crippen LogP contribution in [0.1, 0.15) is 38.2 Å². The van der Waals surface area contributed by atoms with Crippen LogP contribution >= 0.6 is 35.1 Å². The van der Waals surface area contributed by atoms with Gasteiger partial charge >= 0.3 is 0 Å². The van der Waals surface area contributed by atoms with Crippen LogP contribution in [0.2, 0.25) is 5.02 Å². The molecule has 0 radical (unpaired) electrons. The number of anilines is 1. The quantitative estimate of drug-likeness (QED) is 0.602. The van der Waals surface area contributed by atoms with E-state index in [-0.39, 0.29) is 4.08 Å². The van der Waals surface area contributed by atoms with Crippen molar-refractivity contribution < 1.29 is 0 Å². The first-order valence-corrected chi connectivity index (χ1v) is 9.11. The van der Waals surface area contributed by atoms with E-state index in [1.54, 1.807) is 0 Å². The number of hydrazine groups is 1. The van der Waals surface area contributed by atoms with Crippen LogP contribution in [0.3, 0.4) is 0 Å². The van der Waals surface area contributed by atoms with E-state index in [0.717, 1.165) is 5.69 Å². The van der Waals surface area contributed by atoms with Crippen LogP contribution in [0.25, 0.3) is 0 Å². The highest BCUT2D eigenvalue weighted by molar-refractivity contribution is 8.18. The van der Waals surface area contributed by atoms with Crippen LogP contribution in [0.4, 0.5) is 5.69 Å². The van der Waals surface area contributed by atoms with E-state index in [1.807, 2.05) is 6.07 Å². The molecule has 1 aliphatic rings. The second-order valence-electron chi connectivity index (χ2n) is 4.75. The van der Waals surface area contributed by atoms with Crippen LogP contribution < -0.4 is 11.3 Å². The van der Waals surface area contributed by atoms with E-state index in [2.05, 4.69) is 48.0 Å². The van der Waals surface area contributed by atoms with E-state index in [4.69, 9.17) is 17.4 Å². The minimum absolute atomic E-state index is 0.185. The highest BCUT2D eigenvalue weighted by Crippen LogP contribution is 2.54. The molecule has 5 heteroatoms. The molecule has 0 unspecified atom stereocenters. The summed E-state index contributed by atoms with van der Waals surface area (Å²) >= 11 is 10.3. The molecule has 0 amide bonds. The third kappa shape index (κ3) is 3.54. The Balaban J connectivity index is 2.31. The number of hydrogen-bond donors (Lipinski definition) is 2. The largest absolute Gasteiger partial charge is 0.323 e. The molecule has 1 aromatic carbocycles. The van der Waals surface area contributed by atoms with E-state index in [1.165, 1.54) is 42.8 Å². The number of nitrogens with two attached hydrogens (primary N) is 1. The first-order valence-electron chi connectivity index (χ1n) is 6.76. The molecule has 19 heavy (non-hydrogen) atoms. The molecule has 0 aliphatic carbocycles. The lowest BCUT2D eigenvalue weighted by atomic mass is 10.1. The maximum atomic E-state index is 6.13. The molecule has 0 atom stereocenters. The summed E-state index contributed by atoms with van der Waals surface area (Å²) in [6.07, 6.45) is 5.01. The lowest BCUT2D eigenvalue weighted by Gasteiger charge is -2.37. The third-order valence-electron chi connectivity index (χ3n) is 3.38. The van der Waals surface area contributed by atoms with Gasteiger partial charge in [-0.1, -0.05) is 37.4 Å². The van der Waals surface area contributed by atoms with Gasteiger partial charge in [0.25, 0.3) is 0 Å². The molecule has 0 spiro atoms. The number of nitrogen functional groups attached to an aromatic ring is 1. The van der Waals surface area contributed by atoms with Crippen molar-refractivity contribution in [3.8, 4) is 0 Å². The number of halogens is 1. The van der Waals surface area contributed by atoms with E-state index < -0.39 is 0 Å². The van der Waals surface area contributed by atoms with Gasteiger partial charge in [0.1, 0.15) is 0 Å². The first kappa shape index (κ1) is 15.4. The number of rotatable bonds is 5. The van der Waals surface area contributed by atoms with Gasteiger partial charge in [-0.05, 0) is 42.0 Å². The SMILES string of the molecule is CCCCC1(c2ccc(Cl)c(NN)c2)SCCCS1. The Bertz CT molecular complexity index is 420.